The molecule has 3 rings (SSSR count). The molecule has 0 spiro atoms. The van der Waals surface area contributed by atoms with E-state index in [1.165, 1.54) is 31.6 Å². The van der Waals surface area contributed by atoms with Crippen LogP contribution in [0.1, 0.15) is 30.7 Å². The molecule has 3 heterocycles. The van der Waals surface area contributed by atoms with Crippen molar-refractivity contribution in [2.75, 3.05) is 20.8 Å². The Balaban J connectivity index is 1.83. The van der Waals surface area contributed by atoms with Crippen molar-refractivity contribution in [3.63, 3.8) is 0 Å². The highest BCUT2D eigenvalue weighted by atomic mass is 32.1. The molecule has 0 unspecified atom stereocenters. The number of thiophene rings is 1. The first-order chi connectivity index (χ1) is 12.0. The lowest BCUT2D eigenvalue weighted by Crippen LogP contribution is -2.36. The van der Waals surface area contributed by atoms with E-state index < -0.39 is 5.91 Å². The van der Waals surface area contributed by atoms with Crippen LogP contribution in [0.4, 0.5) is 0 Å². The van der Waals surface area contributed by atoms with Gasteiger partial charge in [0.25, 0.3) is 11.8 Å². The zero-order valence-corrected chi connectivity index (χ0v) is 14.4. The summed E-state index contributed by atoms with van der Waals surface area (Å²) in [6.45, 7) is 0.825. The molecule has 1 aliphatic rings. The van der Waals surface area contributed by atoms with Crippen molar-refractivity contribution in [3.8, 4) is 11.8 Å². The minimum absolute atomic E-state index is 0.00969. The van der Waals surface area contributed by atoms with Gasteiger partial charge in [0.1, 0.15) is 0 Å². The van der Waals surface area contributed by atoms with E-state index in [2.05, 4.69) is 9.97 Å². The minimum atomic E-state index is -0.557. The van der Waals surface area contributed by atoms with Crippen LogP contribution in [0.25, 0.3) is 0 Å². The van der Waals surface area contributed by atoms with E-state index in [1.54, 1.807) is 16.4 Å². The number of rotatable bonds is 4. The number of ether oxygens (including phenoxy) is 2. The SMILES string of the molecule is COc1cc(OC)nc(C(=O)N2CCc3cc(C(=O)NO)sc3C2)n1. The second-order valence-electron chi connectivity index (χ2n) is 5.25. The molecule has 2 N–H and O–H groups in total. The van der Waals surface area contributed by atoms with Crippen molar-refractivity contribution in [2.45, 2.75) is 13.0 Å². The molecule has 132 valence electrons. The van der Waals surface area contributed by atoms with E-state index in [0.29, 0.717) is 24.4 Å². The third kappa shape index (κ3) is 3.39. The van der Waals surface area contributed by atoms with Gasteiger partial charge in [0.2, 0.25) is 17.6 Å². The van der Waals surface area contributed by atoms with E-state index in [9.17, 15) is 9.59 Å². The Morgan fingerprint density at radius 1 is 1.24 bits per heavy atom. The van der Waals surface area contributed by atoms with Crippen LogP contribution in [0.3, 0.4) is 0 Å². The molecule has 0 fully saturated rings. The van der Waals surface area contributed by atoms with E-state index in [4.69, 9.17) is 14.7 Å². The zero-order valence-electron chi connectivity index (χ0n) is 13.6. The topological polar surface area (TPSA) is 114 Å². The van der Waals surface area contributed by atoms with Crippen LogP contribution < -0.4 is 15.0 Å². The van der Waals surface area contributed by atoms with Gasteiger partial charge < -0.3 is 14.4 Å². The van der Waals surface area contributed by atoms with E-state index in [1.807, 2.05) is 0 Å². The van der Waals surface area contributed by atoms with E-state index in [0.717, 1.165) is 10.4 Å². The normalized spacial score (nSPS) is 13.2. The Kier molecular flexibility index (Phi) is 4.81. The maximum atomic E-state index is 12.7. The largest absolute Gasteiger partial charge is 0.481 e. The number of nitrogens with zero attached hydrogens (tertiary/aromatic N) is 3. The predicted octanol–water partition coefficient (Wildman–Crippen LogP) is 0.873. The number of hydroxylamine groups is 1. The molecule has 2 amide bonds. The zero-order chi connectivity index (χ0) is 18.0. The highest BCUT2D eigenvalue weighted by Crippen LogP contribution is 2.29. The van der Waals surface area contributed by atoms with Gasteiger partial charge in [-0.1, -0.05) is 0 Å². The van der Waals surface area contributed by atoms with Gasteiger partial charge in [-0.15, -0.1) is 11.3 Å². The summed E-state index contributed by atoms with van der Waals surface area (Å²) in [4.78, 5) is 35.3. The highest BCUT2D eigenvalue weighted by Gasteiger charge is 2.27. The quantitative estimate of drug-likeness (QED) is 0.611. The first kappa shape index (κ1) is 17.1. The summed E-state index contributed by atoms with van der Waals surface area (Å²) in [6, 6.07) is 3.22. The third-order valence-electron chi connectivity index (χ3n) is 3.78. The fourth-order valence-corrected chi connectivity index (χ4v) is 3.63. The van der Waals surface area contributed by atoms with Gasteiger partial charge in [-0.3, -0.25) is 14.8 Å². The lowest BCUT2D eigenvalue weighted by Gasteiger charge is -2.26. The van der Waals surface area contributed by atoms with Crippen LogP contribution in [-0.2, 0) is 13.0 Å². The van der Waals surface area contributed by atoms with Crippen LogP contribution in [0.2, 0.25) is 0 Å². The summed E-state index contributed by atoms with van der Waals surface area (Å²) >= 11 is 1.24. The molecule has 0 saturated heterocycles. The van der Waals surface area contributed by atoms with E-state index in [-0.39, 0.29) is 23.5 Å². The number of methoxy groups -OCH3 is 2. The van der Waals surface area contributed by atoms with E-state index >= 15 is 0 Å². The van der Waals surface area contributed by atoms with Crippen LogP contribution in [0.5, 0.6) is 11.8 Å². The predicted molar refractivity (Wildman–Crippen MR) is 87.2 cm³/mol. The molecular weight excluding hydrogens is 348 g/mol. The van der Waals surface area contributed by atoms with Gasteiger partial charge >= 0.3 is 0 Å². The molecule has 0 saturated carbocycles. The van der Waals surface area contributed by atoms with Gasteiger partial charge in [-0.2, -0.15) is 9.97 Å². The summed E-state index contributed by atoms with van der Waals surface area (Å²) in [6.07, 6.45) is 0.609. The molecule has 0 bridgehead atoms. The number of fused-ring (bicyclic) bond motifs is 1. The van der Waals surface area contributed by atoms with Gasteiger partial charge in [0.05, 0.1) is 31.7 Å². The number of carbonyl (C=O) groups is 2. The number of amides is 2. The first-order valence-electron chi connectivity index (χ1n) is 7.38. The molecule has 2 aromatic heterocycles. The second-order valence-corrected chi connectivity index (χ2v) is 6.39. The Bertz CT molecular complexity index is 800. The summed E-state index contributed by atoms with van der Waals surface area (Å²) < 4.78 is 10.1. The minimum Gasteiger partial charge on any atom is -0.481 e. The average molecular weight is 364 g/mol. The van der Waals surface area contributed by atoms with Crippen LogP contribution in [0, 0.1) is 0 Å². The standard InChI is InChI=1S/C15H16N4O5S/c1-23-11-6-12(24-2)17-13(16-11)15(21)19-4-3-8-5-9(14(20)18-22)25-10(8)7-19/h5-6,22H,3-4,7H2,1-2H3,(H,18,20). The fourth-order valence-electron chi connectivity index (χ4n) is 2.51. The van der Waals surface area contributed by atoms with Crippen molar-refractivity contribution in [1.29, 1.82) is 0 Å². The molecule has 0 aromatic carbocycles. The van der Waals surface area contributed by atoms with Crippen molar-refractivity contribution in [2.24, 2.45) is 0 Å². The monoisotopic (exact) mass is 364 g/mol. The summed E-state index contributed by atoms with van der Waals surface area (Å²) in [7, 11) is 2.89. The smallest absolute Gasteiger partial charge is 0.292 e. The molecule has 0 radical (unpaired) electrons. The Morgan fingerprint density at radius 3 is 2.52 bits per heavy atom. The second kappa shape index (κ2) is 7.03. The summed E-state index contributed by atoms with van der Waals surface area (Å²) in [5.74, 6) is -0.427. The summed E-state index contributed by atoms with van der Waals surface area (Å²) in [5.41, 5.74) is 2.62. The van der Waals surface area contributed by atoms with Crippen LogP contribution >= 0.6 is 11.3 Å². The van der Waals surface area contributed by atoms with Crippen LogP contribution in [-0.4, -0.2) is 52.7 Å². The molecule has 25 heavy (non-hydrogen) atoms. The third-order valence-corrected chi connectivity index (χ3v) is 4.94. The maximum Gasteiger partial charge on any atom is 0.292 e. The Morgan fingerprint density at radius 2 is 1.92 bits per heavy atom. The Hall–Kier alpha value is -2.72. The number of hydrogen-bond acceptors (Lipinski definition) is 8. The lowest BCUT2D eigenvalue weighted by molar-refractivity contribution is 0.0708. The number of aromatic nitrogens is 2. The van der Waals surface area contributed by atoms with Crippen LogP contribution in [0.15, 0.2) is 12.1 Å². The van der Waals surface area contributed by atoms with Crippen molar-refractivity contribution < 1.29 is 24.3 Å². The molecule has 1 aliphatic heterocycles. The molecule has 10 heteroatoms. The Labute approximate surface area is 147 Å². The molecule has 0 aliphatic carbocycles. The van der Waals surface area contributed by atoms with Gasteiger partial charge in [0.15, 0.2) is 0 Å². The maximum absolute atomic E-state index is 12.7. The first-order valence-corrected chi connectivity index (χ1v) is 8.19. The number of nitrogens with one attached hydrogen (secondary N) is 1. The van der Waals surface area contributed by atoms with Crippen molar-refractivity contribution in [3.05, 3.63) is 33.3 Å². The molecule has 2 aromatic rings. The fraction of sp³-hybridized carbons (Fsp3) is 0.333. The van der Waals surface area contributed by atoms with Gasteiger partial charge in [-0.25, -0.2) is 5.48 Å². The number of carbonyl (C=O) groups excluding carboxylic acids is 2. The molecule has 0 atom stereocenters. The summed E-state index contributed by atoms with van der Waals surface area (Å²) in [5, 5.41) is 8.74. The van der Waals surface area contributed by atoms with Gasteiger partial charge in [0, 0.05) is 11.4 Å². The van der Waals surface area contributed by atoms with Crippen molar-refractivity contribution >= 4 is 23.2 Å². The van der Waals surface area contributed by atoms with Gasteiger partial charge in [-0.05, 0) is 18.1 Å². The average Bonchev–Trinajstić information content (AvgIpc) is 3.09. The molecular formula is C15H16N4O5S. The highest BCUT2D eigenvalue weighted by molar-refractivity contribution is 7.14. The van der Waals surface area contributed by atoms with Crippen molar-refractivity contribution in [1.82, 2.24) is 20.3 Å². The number of hydrogen-bond donors (Lipinski definition) is 2. The molecule has 9 nitrogen and oxygen atoms in total. The lowest BCUT2D eigenvalue weighted by atomic mass is 10.1.